The highest BCUT2D eigenvalue weighted by atomic mass is 32.2. The van der Waals surface area contributed by atoms with Gasteiger partial charge in [-0.3, -0.25) is 4.79 Å². The minimum absolute atomic E-state index is 0.0752. The van der Waals surface area contributed by atoms with E-state index in [-0.39, 0.29) is 10.6 Å². The van der Waals surface area contributed by atoms with Crippen LogP contribution in [0.4, 0.5) is 5.69 Å². The van der Waals surface area contributed by atoms with Crippen molar-refractivity contribution in [3.8, 4) is 5.75 Å². The number of pyridine rings is 1. The van der Waals surface area contributed by atoms with Crippen molar-refractivity contribution in [2.24, 2.45) is 0 Å². The van der Waals surface area contributed by atoms with Gasteiger partial charge in [0, 0.05) is 24.5 Å². The quantitative estimate of drug-likeness (QED) is 0.800. The number of nitrogens with one attached hydrogen (secondary N) is 1. The van der Waals surface area contributed by atoms with Gasteiger partial charge in [-0.25, -0.2) is 13.4 Å². The van der Waals surface area contributed by atoms with Gasteiger partial charge in [0.15, 0.2) is 0 Å². The van der Waals surface area contributed by atoms with Crippen LogP contribution in [0.2, 0.25) is 0 Å². The Bertz CT molecular complexity index is 954. The van der Waals surface area contributed by atoms with Gasteiger partial charge < -0.3 is 10.1 Å². The molecule has 0 saturated carbocycles. The average Bonchev–Trinajstić information content (AvgIpc) is 2.70. The fourth-order valence-electron chi connectivity index (χ4n) is 3.17. The second kappa shape index (κ2) is 8.70. The fourth-order valence-corrected chi connectivity index (χ4v) is 4.85. The molecule has 0 spiro atoms. The van der Waals surface area contributed by atoms with Crippen molar-refractivity contribution in [2.45, 2.75) is 38.0 Å². The number of aromatic nitrogens is 1. The Morgan fingerprint density at radius 2 is 1.93 bits per heavy atom. The van der Waals surface area contributed by atoms with Crippen LogP contribution in [0.1, 0.15) is 42.4 Å². The van der Waals surface area contributed by atoms with E-state index in [2.05, 4.69) is 10.3 Å². The van der Waals surface area contributed by atoms with E-state index in [1.54, 1.807) is 44.2 Å². The maximum Gasteiger partial charge on any atom is 0.274 e. The molecule has 3 rings (SSSR count). The molecule has 0 unspecified atom stereocenters. The van der Waals surface area contributed by atoms with Gasteiger partial charge in [0.2, 0.25) is 10.0 Å². The smallest absolute Gasteiger partial charge is 0.274 e. The second-order valence-electron chi connectivity index (χ2n) is 6.68. The predicted molar refractivity (Wildman–Crippen MR) is 107 cm³/mol. The molecular formula is C20H25N3O4S. The van der Waals surface area contributed by atoms with Crippen LogP contribution in [0.5, 0.6) is 5.75 Å². The zero-order valence-electron chi connectivity index (χ0n) is 16.1. The summed E-state index contributed by atoms with van der Waals surface area (Å²) < 4.78 is 33.3. The number of hydrogen-bond donors (Lipinski definition) is 1. The molecule has 1 saturated heterocycles. The minimum atomic E-state index is -3.70. The van der Waals surface area contributed by atoms with Crippen LogP contribution in [0, 0.1) is 6.92 Å². The number of hydrogen-bond acceptors (Lipinski definition) is 5. The number of ether oxygens (including phenoxy) is 1. The molecule has 1 aliphatic heterocycles. The molecule has 1 aromatic heterocycles. The summed E-state index contributed by atoms with van der Waals surface area (Å²) in [6.07, 6.45) is 2.72. The molecule has 2 aromatic rings. The lowest BCUT2D eigenvalue weighted by molar-refractivity contribution is 0.102. The SMILES string of the molecule is CCOc1ccc(NC(=O)c2cccc(C)n2)cc1S(=O)(=O)N1CCCCC1. The molecule has 1 fully saturated rings. The third kappa shape index (κ3) is 4.51. The van der Waals surface area contributed by atoms with Crippen LogP contribution >= 0.6 is 0 Å². The highest BCUT2D eigenvalue weighted by Crippen LogP contribution is 2.31. The number of piperidine rings is 1. The summed E-state index contributed by atoms with van der Waals surface area (Å²) in [7, 11) is -3.70. The third-order valence-corrected chi connectivity index (χ3v) is 6.48. The van der Waals surface area contributed by atoms with Gasteiger partial charge in [-0.1, -0.05) is 12.5 Å². The zero-order valence-corrected chi connectivity index (χ0v) is 17.0. The Labute approximate surface area is 165 Å². The molecule has 1 aliphatic rings. The van der Waals surface area contributed by atoms with Gasteiger partial charge in [0.1, 0.15) is 16.3 Å². The summed E-state index contributed by atoms with van der Waals surface area (Å²) in [5.74, 6) is -0.103. The van der Waals surface area contributed by atoms with Crippen molar-refractivity contribution < 1.29 is 17.9 Å². The lowest BCUT2D eigenvalue weighted by Crippen LogP contribution is -2.35. The van der Waals surface area contributed by atoms with Crippen LogP contribution in [-0.2, 0) is 10.0 Å². The van der Waals surface area contributed by atoms with E-state index in [0.717, 1.165) is 25.0 Å². The van der Waals surface area contributed by atoms with Crippen LogP contribution in [0.3, 0.4) is 0 Å². The topological polar surface area (TPSA) is 88.6 Å². The lowest BCUT2D eigenvalue weighted by atomic mass is 10.2. The molecule has 1 aromatic carbocycles. The average molecular weight is 404 g/mol. The monoisotopic (exact) mass is 403 g/mol. The van der Waals surface area contributed by atoms with E-state index in [0.29, 0.717) is 31.1 Å². The van der Waals surface area contributed by atoms with Crippen LogP contribution in [0.15, 0.2) is 41.3 Å². The van der Waals surface area contributed by atoms with Crippen molar-refractivity contribution in [2.75, 3.05) is 25.0 Å². The number of nitrogens with zero attached hydrogens (tertiary/aromatic N) is 2. The third-order valence-electron chi connectivity index (χ3n) is 4.56. The first-order valence-electron chi connectivity index (χ1n) is 9.44. The summed E-state index contributed by atoms with van der Waals surface area (Å²) in [4.78, 5) is 16.7. The number of carbonyl (C=O) groups is 1. The first-order valence-corrected chi connectivity index (χ1v) is 10.9. The molecule has 2 heterocycles. The largest absolute Gasteiger partial charge is 0.492 e. The van der Waals surface area contributed by atoms with Crippen LogP contribution in [0.25, 0.3) is 0 Å². The minimum Gasteiger partial charge on any atom is -0.492 e. The van der Waals surface area contributed by atoms with Gasteiger partial charge in [0.05, 0.1) is 6.61 Å². The Kier molecular flexibility index (Phi) is 6.31. The first kappa shape index (κ1) is 20.3. The van der Waals surface area contributed by atoms with Crippen molar-refractivity contribution in [1.82, 2.24) is 9.29 Å². The molecule has 8 heteroatoms. The van der Waals surface area contributed by atoms with Gasteiger partial charge in [0.25, 0.3) is 5.91 Å². The number of anilines is 1. The number of aryl methyl sites for hydroxylation is 1. The highest BCUT2D eigenvalue weighted by molar-refractivity contribution is 7.89. The molecule has 28 heavy (non-hydrogen) atoms. The first-order chi connectivity index (χ1) is 13.4. The number of amides is 1. The summed E-state index contributed by atoms with van der Waals surface area (Å²) in [5.41, 5.74) is 1.38. The Morgan fingerprint density at radius 1 is 1.18 bits per heavy atom. The van der Waals surface area contributed by atoms with E-state index in [4.69, 9.17) is 4.74 Å². The molecule has 0 aliphatic carbocycles. The lowest BCUT2D eigenvalue weighted by Gasteiger charge is -2.27. The van der Waals surface area contributed by atoms with Gasteiger partial charge in [-0.15, -0.1) is 0 Å². The molecular weight excluding hydrogens is 378 g/mol. The molecule has 1 N–H and O–H groups in total. The molecule has 1 amide bonds. The maximum atomic E-state index is 13.2. The molecule has 0 bridgehead atoms. The van der Waals surface area contributed by atoms with Crippen molar-refractivity contribution in [1.29, 1.82) is 0 Å². The number of benzene rings is 1. The summed E-state index contributed by atoms with van der Waals surface area (Å²) >= 11 is 0. The van der Waals surface area contributed by atoms with Crippen LogP contribution < -0.4 is 10.1 Å². The Hall–Kier alpha value is -2.45. The van der Waals surface area contributed by atoms with Crippen molar-refractivity contribution in [3.63, 3.8) is 0 Å². The predicted octanol–water partition coefficient (Wildman–Crippen LogP) is 3.22. The van der Waals surface area contributed by atoms with E-state index in [9.17, 15) is 13.2 Å². The Balaban J connectivity index is 1.92. The highest BCUT2D eigenvalue weighted by Gasteiger charge is 2.29. The summed E-state index contributed by atoms with van der Waals surface area (Å²) in [6, 6.07) is 9.84. The molecule has 0 radical (unpaired) electrons. The van der Waals surface area contributed by atoms with Crippen molar-refractivity contribution >= 4 is 21.6 Å². The summed E-state index contributed by atoms with van der Waals surface area (Å²) in [5, 5.41) is 2.73. The van der Waals surface area contributed by atoms with Gasteiger partial charge in [-0.2, -0.15) is 4.31 Å². The van der Waals surface area contributed by atoms with Gasteiger partial charge in [-0.05, 0) is 57.0 Å². The Morgan fingerprint density at radius 3 is 2.61 bits per heavy atom. The normalized spacial score (nSPS) is 15.2. The van der Waals surface area contributed by atoms with E-state index in [1.165, 1.54) is 10.4 Å². The fraction of sp³-hybridized carbons (Fsp3) is 0.400. The molecule has 150 valence electrons. The van der Waals surface area contributed by atoms with Crippen LogP contribution in [-0.4, -0.2) is 43.3 Å². The standard InChI is InChI=1S/C20H25N3O4S/c1-3-27-18-11-10-16(22-20(24)17-9-7-8-15(2)21-17)14-19(18)28(25,26)23-12-5-4-6-13-23/h7-11,14H,3-6,12-13H2,1-2H3,(H,22,24). The zero-order chi connectivity index (χ0) is 20.1. The number of carbonyl (C=O) groups excluding carboxylic acids is 1. The molecule has 0 atom stereocenters. The molecule has 7 nitrogen and oxygen atoms in total. The summed E-state index contributed by atoms with van der Waals surface area (Å²) in [6.45, 7) is 4.95. The van der Waals surface area contributed by atoms with Crippen molar-refractivity contribution in [3.05, 3.63) is 47.8 Å². The number of sulfonamides is 1. The van der Waals surface area contributed by atoms with E-state index < -0.39 is 15.9 Å². The van der Waals surface area contributed by atoms with Gasteiger partial charge >= 0.3 is 0 Å². The number of rotatable bonds is 6. The van der Waals surface area contributed by atoms with E-state index in [1.807, 2.05) is 0 Å². The maximum absolute atomic E-state index is 13.2. The van der Waals surface area contributed by atoms with E-state index >= 15 is 0 Å². The second-order valence-corrected chi connectivity index (χ2v) is 8.58.